The van der Waals surface area contributed by atoms with Gasteiger partial charge in [0, 0.05) is 12.1 Å². The molecule has 2 aromatic carbocycles. The average Bonchev–Trinajstić information content (AvgIpc) is 2.84. The van der Waals surface area contributed by atoms with E-state index in [2.05, 4.69) is 41.3 Å². The fourth-order valence-corrected chi connectivity index (χ4v) is 4.80. The van der Waals surface area contributed by atoms with Crippen LogP contribution < -0.4 is 0 Å². The van der Waals surface area contributed by atoms with E-state index in [9.17, 15) is 5.11 Å². The minimum atomic E-state index is 0.408. The number of nitrogens with zero attached hydrogens (tertiary/aromatic N) is 1. The second kappa shape index (κ2) is 6.98. The summed E-state index contributed by atoms with van der Waals surface area (Å²) in [6.45, 7) is 1.23. The summed E-state index contributed by atoms with van der Waals surface area (Å²) in [5, 5.41) is 9.76. The summed E-state index contributed by atoms with van der Waals surface area (Å²) in [6, 6.07) is 20.2. The molecular weight excluding hydrogens is 294 g/mol. The number of phenolic OH excluding ortho intramolecular Hbond substituents is 1. The third kappa shape index (κ3) is 3.34. The summed E-state index contributed by atoms with van der Waals surface area (Å²) in [6.07, 6.45) is 7.66. The first-order chi connectivity index (χ1) is 11.8. The molecule has 2 bridgehead atoms. The smallest absolute Gasteiger partial charge is 0.115 e. The predicted octanol–water partition coefficient (Wildman–Crippen LogP) is 4.74. The minimum Gasteiger partial charge on any atom is -0.508 e. The highest BCUT2D eigenvalue weighted by atomic mass is 16.3. The number of aromatic hydroxyl groups is 1. The molecule has 2 nitrogen and oxygen atoms in total. The van der Waals surface area contributed by atoms with Crippen molar-refractivity contribution in [1.82, 2.24) is 4.90 Å². The zero-order valence-electron chi connectivity index (χ0n) is 14.3. The van der Waals surface area contributed by atoms with Crippen molar-refractivity contribution in [2.45, 2.75) is 56.5 Å². The maximum absolute atomic E-state index is 9.76. The van der Waals surface area contributed by atoms with Gasteiger partial charge >= 0.3 is 0 Å². The molecule has 2 unspecified atom stereocenters. The molecule has 4 rings (SSSR count). The third-order valence-electron chi connectivity index (χ3n) is 5.95. The van der Waals surface area contributed by atoms with Crippen LogP contribution in [0.25, 0.3) is 0 Å². The molecule has 2 aromatic rings. The summed E-state index contributed by atoms with van der Waals surface area (Å²) in [4.78, 5) is 2.78. The predicted molar refractivity (Wildman–Crippen MR) is 98.4 cm³/mol. The number of rotatable bonds is 5. The molecule has 1 N–H and O–H groups in total. The maximum Gasteiger partial charge on any atom is 0.115 e. The maximum atomic E-state index is 9.76. The lowest BCUT2D eigenvalue weighted by Crippen LogP contribution is -2.42. The van der Waals surface area contributed by atoms with Gasteiger partial charge in [0.15, 0.2) is 0 Å². The van der Waals surface area contributed by atoms with Crippen molar-refractivity contribution in [3.05, 3.63) is 65.7 Å². The molecule has 0 aromatic heterocycles. The van der Waals surface area contributed by atoms with E-state index >= 15 is 0 Å². The number of fused-ring (bicyclic) bond motifs is 2. The second-order valence-corrected chi connectivity index (χ2v) is 7.48. The van der Waals surface area contributed by atoms with E-state index in [-0.39, 0.29) is 0 Å². The zero-order chi connectivity index (χ0) is 16.4. The van der Waals surface area contributed by atoms with Gasteiger partial charge in [0.2, 0.25) is 0 Å². The highest BCUT2D eigenvalue weighted by molar-refractivity contribution is 5.30. The molecule has 0 spiro atoms. The topological polar surface area (TPSA) is 23.5 Å². The first-order valence-corrected chi connectivity index (χ1v) is 9.38. The molecule has 0 aliphatic carbocycles. The SMILES string of the molecule is Oc1cccc(C2CC3CCC(C2)N3CCCc2ccccc2)c1. The Morgan fingerprint density at radius 3 is 2.38 bits per heavy atom. The van der Waals surface area contributed by atoms with Gasteiger partial charge in [-0.15, -0.1) is 0 Å². The van der Waals surface area contributed by atoms with E-state index in [1.54, 1.807) is 6.07 Å². The van der Waals surface area contributed by atoms with E-state index in [1.165, 1.54) is 56.2 Å². The molecule has 2 fully saturated rings. The highest BCUT2D eigenvalue weighted by Gasteiger charge is 2.40. The van der Waals surface area contributed by atoms with Crippen LogP contribution in [-0.2, 0) is 6.42 Å². The molecule has 0 saturated carbocycles. The number of aryl methyl sites for hydroxylation is 1. The fourth-order valence-electron chi connectivity index (χ4n) is 4.80. The van der Waals surface area contributed by atoms with E-state index in [4.69, 9.17) is 0 Å². The molecule has 2 saturated heterocycles. The number of piperidine rings is 1. The fraction of sp³-hybridized carbons (Fsp3) is 0.455. The molecule has 2 heterocycles. The Bertz CT molecular complexity index is 655. The summed E-state index contributed by atoms with van der Waals surface area (Å²) in [7, 11) is 0. The molecule has 24 heavy (non-hydrogen) atoms. The molecule has 2 aliphatic rings. The van der Waals surface area contributed by atoms with Crippen molar-refractivity contribution in [2.75, 3.05) is 6.54 Å². The van der Waals surface area contributed by atoms with Crippen molar-refractivity contribution in [2.24, 2.45) is 0 Å². The lowest BCUT2D eigenvalue weighted by atomic mass is 9.85. The van der Waals surface area contributed by atoms with Crippen LogP contribution in [-0.4, -0.2) is 28.6 Å². The summed E-state index contributed by atoms with van der Waals surface area (Å²) < 4.78 is 0. The number of phenols is 1. The minimum absolute atomic E-state index is 0.408. The number of hydrogen-bond donors (Lipinski definition) is 1. The Morgan fingerprint density at radius 1 is 0.917 bits per heavy atom. The van der Waals surface area contributed by atoms with Gasteiger partial charge in [-0.3, -0.25) is 4.90 Å². The number of benzene rings is 2. The van der Waals surface area contributed by atoms with Crippen LogP contribution in [0.15, 0.2) is 54.6 Å². The number of hydrogen-bond acceptors (Lipinski definition) is 2. The normalized spacial score (nSPS) is 26.6. The first kappa shape index (κ1) is 15.7. The van der Waals surface area contributed by atoms with Crippen LogP contribution in [0, 0.1) is 0 Å². The Morgan fingerprint density at radius 2 is 1.67 bits per heavy atom. The van der Waals surface area contributed by atoms with Crippen molar-refractivity contribution in [3.63, 3.8) is 0 Å². The lowest BCUT2D eigenvalue weighted by Gasteiger charge is -2.39. The van der Waals surface area contributed by atoms with Crippen LogP contribution in [0.5, 0.6) is 5.75 Å². The average molecular weight is 321 g/mol. The van der Waals surface area contributed by atoms with Gasteiger partial charge in [0.25, 0.3) is 0 Å². The van der Waals surface area contributed by atoms with Gasteiger partial charge in [0.05, 0.1) is 0 Å². The van der Waals surface area contributed by atoms with Gasteiger partial charge in [-0.25, -0.2) is 0 Å². The van der Waals surface area contributed by atoms with Gasteiger partial charge in [-0.2, -0.15) is 0 Å². The molecule has 126 valence electrons. The van der Waals surface area contributed by atoms with Crippen LogP contribution in [0.1, 0.15) is 49.1 Å². The second-order valence-electron chi connectivity index (χ2n) is 7.48. The Kier molecular flexibility index (Phi) is 4.57. The highest BCUT2D eigenvalue weighted by Crippen LogP contribution is 2.43. The van der Waals surface area contributed by atoms with Gasteiger partial charge in [-0.1, -0.05) is 42.5 Å². The monoisotopic (exact) mass is 321 g/mol. The lowest BCUT2D eigenvalue weighted by molar-refractivity contribution is 0.125. The van der Waals surface area contributed by atoms with Crippen molar-refractivity contribution < 1.29 is 5.11 Å². The molecule has 2 aliphatic heterocycles. The third-order valence-corrected chi connectivity index (χ3v) is 5.95. The molecule has 0 amide bonds. The zero-order valence-corrected chi connectivity index (χ0v) is 14.3. The van der Waals surface area contributed by atoms with Crippen molar-refractivity contribution in [1.29, 1.82) is 0 Å². The Labute approximate surface area is 145 Å². The quantitative estimate of drug-likeness (QED) is 0.860. The molecular formula is C22H27NO. The van der Waals surface area contributed by atoms with E-state index in [0.29, 0.717) is 11.7 Å². The van der Waals surface area contributed by atoms with Gasteiger partial charge < -0.3 is 5.11 Å². The first-order valence-electron chi connectivity index (χ1n) is 9.38. The standard InChI is InChI=1S/C22H27NO/c24-22-10-4-9-18(16-22)19-14-20-11-12-21(15-19)23(20)13-5-8-17-6-2-1-3-7-17/h1-4,6-7,9-10,16,19-21,24H,5,8,11-15H2. The van der Waals surface area contributed by atoms with E-state index < -0.39 is 0 Å². The van der Waals surface area contributed by atoms with Crippen molar-refractivity contribution >= 4 is 0 Å². The van der Waals surface area contributed by atoms with Crippen LogP contribution in [0.3, 0.4) is 0 Å². The Hall–Kier alpha value is -1.80. The Balaban J connectivity index is 1.35. The van der Waals surface area contributed by atoms with Gasteiger partial charge in [0.1, 0.15) is 5.75 Å². The summed E-state index contributed by atoms with van der Waals surface area (Å²) in [5.74, 6) is 1.03. The van der Waals surface area contributed by atoms with Crippen LogP contribution in [0.2, 0.25) is 0 Å². The van der Waals surface area contributed by atoms with Crippen LogP contribution >= 0.6 is 0 Å². The largest absolute Gasteiger partial charge is 0.508 e. The molecule has 0 radical (unpaired) electrons. The van der Waals surface area contributed by atoms with Gasteiger partial charge in [-0.05, 0) is 74.2 Å². The van der Waals surface area contributed by atoms with Crippen molar-refractivity contribution in [3.8, 4) is 5.75 Å². The van der Waals surface area contributed by atoms with Crippen LogP contribution in [0.4, 0.5) is 0 Å². The summed E-state index contributed by atoms with van der Waals surface area (Å²) >= 11 is 0. The van der Waals surface area contributed by atoms with E-state index in [0.717, 1.165) is 12.1 Å². The summed E-state index contributed by atoms with van der Waals surface area (Å²) in [5.41, 5.74) is 2.79. The molecule has 2 atom stereocenters. The molecule has 2 heteroatoms. The van der Waals surface area contributed by atoms with E-state index in [1.807, 2.05) is 12.1 Å².